The van der Waals surface area contributed by atoms with Crippen LogP contribution in [-0.2, 0) is 19.1 Å². The van der Waals surface area contributed by atoms with E-state index < -0.39 is 23.8 Å². The zero-order chi connectivity index (χ0) is 23.2. The molecule has 166 valence electrons. The number of nitrogens with one attached hydrogen (secondary N) is 2. The molecule has 0 fully saturated rings. The standard InChI is InChI=1S/C27H24N2O4/c1-2-16-28-25(30)24(18-10-4-3-5-11-18)29-26(31)27(32)33-17-23-21-14-8-6-12-19(21)20-13-7-9-15-22(20)23/h2-15,23-24H,1,16-17H2,(H,28,30)(H,29,31)/t24-/m1/s1. The Morgan fingerprint density at radius 3 is 2.06 bits per heavy atom. The van der Waals surface area contributed by atoms with Crippen LogP contribution in [0.5, 0.6) is 0 Å². The number of carbonyl (C=O) groups excluding carboxylic acids is 3. The van der Waals surface area contributed by atoms with Crippen molar-refractivity contribution in [2.75, 3.05) is 13.2 Å². The van der Waals surface area contributed by atoms with E-state index in [4.69, 9.17) is 4.74 Å². The summed E-state index contributed by atoms with van der Waals surface area (Å²) in [5, 5.41) is 5.15. The van der Waals surface area contributed by atoms with Crippen molar-refractivity contribution in [3.63, 3.8) is 0 Å². The normalized spacial score (nSPS) is 12.7. The van der Waals surface area contributed by atoms with E-state index in [-0.39, 0.29) is 19.1 Å². The van der Waals surface area contributed by atoms with Gasteiger partial charge in [0, 0.05) is 12.5 Å². The van der Waals surface area contributed by atoms with Gasteiger partial charge in [0.25, 0.3) is 0 Å². The topological polar surface area (TPSA) is 84.5 Å². The molecule has 1 aliphatic carbocycles. The third kappa shape index (κ3) is 4.70. The first-order valence-corrected chi connectivity index (χ1v) is 10.7. The number of fused-ring (bicyclic) bond motifs is 3. The number of esters is 1. The summed E-state index contributed by atoms with van der Waals surface area (Å²) in [7, 11) is 0. The van der Waals surface area contributed by atoms with Gasteiger partial charge in [0.15, 0.2) is 0 Å². The monoisotopic (exact) mass is 440 g/mol. The van der Waals surface area contributed by atoms with Gasteiger partial charge in [-0.25, -0.2) is 4.79 Å². The average molecular weight is 440 g/mol. The molecule has 1 aliphatic rings. The molecule has 0 spiro atoms. The van der Waals surface area contributed by atoms with Crippen molar-refractivity contribution >= 4 is 17.8 Å². The Bertz CT molecular complexity index is 1140. The largest absolute Gasteiger partial charge is 0.458 e. The summed E-state index contributed by atoms with van der Waals surface area (Å²) in [6.45, 7) is 3.84. The summed E-state index contributed by atoms with van der Waals surface area (Å²) in [5.74, 6) is -2.61. The second-order valence-corrected chi connectivity index (χ2v) is 7.68. The molecule has 3 aromatic rings. The van der Waals surface area contributed by atoms with Crippen LogP contribution in [0.25, 0.3) is 11.1 Å². The SMILES string of the molecule is C=CCNC(=O)[C@H](NC(=O)C(=O)OCC1c2ccccc2-c2ccccc21)c1ccccc1. The fourth-order valence-electron chi connectivity index (χ4n) is 4.07. The summed E-state index contributed by atoms with van der Waals surface area (Å²) in [6, 6.07) is 23.6. The number of benzene rings is 3. The van der Waals surface area contributed by atoms with Gasteiger partial charge in [-0.05, 0) is 27.8 Å². The van der Waals surface area contributed by atoms with Crippen molar-refractivity contribution in [3.8, 4) is 11.1 Å². The minimum absolute atomic E-state index is 0.0267. The van der Waals surface area contributed by atoms with Gasteiger partial charge in [-0.1, -0.05) is 84.9 Å². The molecule has 1 atom stereocenters. The van der Waals surface area contributed by atoms with E-state index >= 15 is 0 Å². The summed E-state index contributed by atoms with van der Waals surface area (Å²) in [6.07, 6.45) is 1.54. The fourth-order valence-corrected chi connectivity index (χ4v) is 4.07. The number of hydrogen-bond acceptors (Lipinski definition) is 4. The van der Waals surface area contributed by atoms with E-state index in [1.807, 2.05) is 48.5 Å². The predicted octanol–water partition coefficient (Wildman–Crippen LogP) is 3.50. The van der Waals surface area contributed by atoms with E-state index in [2.05, 4.69) is 17.2 Å². The molecule has 6 nitrogen and oxygen atoms in total. The maximum absolute atomic E-state index is 12.6. The Kier molecular flexibility index (Phi) is 6.64. The first-order chi connectivity index (χ1) is 16.1. The Morgan fingerprint density at radius 2 is 1.45 bits per heavy atom. The van der Waals surface area contributed by atoms with Crippen LogP contribution in [0.15, 0.2) is 91.5 Å². The highest BCUT2D eigenvalue weighted by molar-refractivity contribution is 6.33. The second-order valence-electron chi connectivity index (χ2n) is 7.68. The van der Waals surface area contributed by atoms with E-state index in [0.29, 0.717) is 5.56 Å². The highest BCUT2D eigenvalue weighted by Crippen LogP contribution is 2.44. The molecule has 0 bridgehead atoms. The zero-order valence-electron chi connectivity index (χ0n) is 18.0. The first kappa shape index (κ1) is 22.0. The molecule has 0 aliphatic heterocycles. The van der Waals surface area contributed by atoms with Gasteiger partial charge in [0.1, 0.15) is 12.6 Å². The first-order valence-electron chi connectivity index (χ1n) is 10.7. The van der Waals surface area contributed by atoms with E-state index in [1.165, 1.54) is 6.08 Å². The molecule has 0 aromatic heterocycles. The van der Waals surface area contributed by atoms with Crippen LogP contribution in [0.3, 0.4) is 0 Å². The molecule has 4 rings (SSSR count). The second kappa shape index (κ2) is 9.96. The molecule has 0 unspecified atom stereocenters. The Morgan fingerprint density at radius 1 is 0.879 bits per heavy atom. The molecule has 2 N–H and O–H groups in total. The molecule has 33 heavy (non-hydrogen) atoms. The van der Waals surface area contributed by atoms with E-state index in [0.717, 1.165) is 22.3 Å². The van der Waals surface area contributed by atoms with Gasteiger partial charge >= 0.3 is 11.9 Å². The molecule has 0 saturated heterocycles. The molecular weight excluding hydrogens is 416 g/mol. The predicted molar refractivity (Wildman–Crippen MR) is 125 cm³/mol. The Labute approximate surface area is 192 Å². The van der Waals surface area contributed by atoms with Crippen LogP contribution in [0.1, 0.15) is 28.7 Å². The van der Waals surface area contributed by atoms with Crippen molar-refractivity contribution in [1.82, 2.24) is 10.6 Å². The maximum Gasteiger partial charge on any atom is 0.396 e. The molecule has 2 amide bonds. The van der Waals surface area contributed by atoms with Crippen molar-refractivity contribution in [1.29, 1.82) is 0 Å². The highest BCUT2D eigenvalue weighted by atomic mass is 16.5. The lowest BCUT2D eigenvalue weighted by molar-refractivity contribution is -0.155. The summed E-state index contributed by atoms with van der Waals surface area (Å²) >= 11 is 0. The van der Waals surface area contributed by atoms with Crippen LogP contribution in [-0.4, -0.2) is 30.9 Å². The number of carbonyl (C=O) groups is 3. The highest BCUT2D eigenvalue weighted by Gasteiger charge is 2.31. The molecular formula is C27H24N2O4. The van der Waals surface area contributed by atoms with Crippen molar-refractivity contribution < 1.29 is 19.1 Å². The smallest absolute Gasteiger partial charge is 0.396 e. The fraction of sp³-hybridized carbons (Fsp3) is 0.148. The van der Waals surface area contributed by atoms with Gasteiger partial charge in [-0.15, -0.1) is 6.58 Å². The molecule has 3 aromatic carbocycles. The van der Waals surface area contributed by atoms with Gasteiger partial charge in [0.05, 0.1) is 0 Å². The van der Waals surface area contributed by atoms with E-state index in [1.54, 1.807) is 30.3 Å². The Hall–Kier alpha value is -4.19. The third-order valence-corrected chi connectivity index (χ3v) is 5.62. The van der Waals surface area contributed by atoms with Crippen molar-refractivity contribution in [2.45, 2.75) is 12.0 Å². The number of rotatable bonds is 7. The lowest BCUT2D eigenvalue weighted by Crippen LogP contribution is -2.43. The minimum Gasteiger partial charge on any atom is -0.458 e. The van der Waals surface area contributed by atoms with Crippen LogP contribution in [0.4, 0.5) is 0 Å². The van der Waals surface area contributed by atoms with Crippen LogP contribution < -0.4 is 10.6 Å². The molecule has 0 radical (unpaired) electrons. The Balaban J connectivity index is 1.45. The summed E-state index contributed by atoms with van der Waals surface area (Å²) < 4.78 is 5.40. The van der Waals surface area contributed by atoms with Crippen LogP contribution >= 0.6 is 0 Å². The van der Waals surface area contributed by atoms with Crippen molar-refractivity contribution in [3.05, 3.63) is 108 Å². The summed E-state index contributed by atoms with van der Waals surface area (Å²) in [5.41, 5.74) is 4.86. The number of hydrogen-bond donors (Lipinski definition) is 2. The maximum atomic E-state index is 12.6. The summed E-state index contributed by atoms with van der Waals surface area (Å²) in [4.78, 5) is 37.7. The number of ether oxygens (including phenoxy) is 1. The van der Waals surface area contributed by atoms with Gasteiger partial charge < -0.3 is 15.4 Å². The van der Waals surface area contributed by atoms with Gasteiger partial charge in [0.2, 0.25) is 5.91 Å². The quantitative estimate of drug-likeness (QED) is 0.335. The molecule has 0 heterocycles. The lowest BCUT2D eigenvalue weighted by atomic mass is 9.98. The lowest BCUT2D eigenvalue weighted by Gasteiger charge is -2.19. The average Bonchev–Trinajstić information content (AvgIpc) is 3.18. The molecule has 6 heteroatoms. The molecule has 0 saturated carbocycles. The van der Waals surface area contributed by atoms with Gasteiger partial charge in [-0.3, -0.25) is 9.59 Å². The minimum atomic E-state index is -1.03. The number of amides is 2. The van der Waals surface area contributed by atoms with Crippen LogP contribution in [0, 0.1) is 0 Å². The van der Waals surface area contributed by atoms with Crippen LogP contribution in [0.2, 0.25) is 0 Å². The van der Waals surface area contributed by atoms with Crippen molar-refractivity contribution in [2.24, 2.45) is 0 Å². The van der Waals surface area contributed by atoms with E-state index in [9.17, 15) is 14.4 Å². The van der Waals surface area contributed by atoms with Gasteiger partial charge in [-0.2, -0.15) is 0 Å². The third-order valence-electron chi connectivity index (χ3n) is 5.62. The zero-order valence-corrected chi connectivity index (χ0v) is 18.0.